The van der Waals surface area contributed by atoms with Gasteiger partial charge in [-0.05, 0) is 23.6 Å². The first-order valence-corrected chi connectivity index (χ1v) is 7.29. The zero-order valence-corrected chi connectivity index (χ0v) is 12.8. The van der Waals surface area contributed by atoms with E-state index >= 15 is 0 Å². The van der Waals surface area contributed by atoms with Crippen molar-refractivity contribution in [3.05, 3.63) is 23.7 Å². The molecule has 1 atom stereocenters. The van der Waals surface area contributed by atoms with Gasteiger partial charge < -0.3 is 15.7 Å². The molecule has 0 aliphatic carbocycles. The largest absolute Gasteiger partial charge is 0.480 e. The van der Waals surface area contributed by atoms with E-state index in [2.05, 4.69) is 15.6 Å². The second-order valence-corrected chi connectivity index (χ2v) is 6.66. The molecule has 3 N–H and O–H groups in total. The third-order valence-electron chi connectivity index (χ3n) is 2.98. The van der Waals surface area contributed by atoms with Gasteiger partial charge >= 0.3 is 12.0 Å². The van der Waals surface area contributed by atoms with Gasteiger partial charge in [-0.1, -0.05) is 20.8 Å². The first kappa shape index (κ1) is 15.2. The Labute approximate surface area is 126 Å². The zero-order chi connectivity index (χ0) is 15.6. The first-order valence-electron chi connectivity index (χ1n) is 6.41. The van der Waals surface area contributed by atoms with E-state index in [9.17, 15) is 14.7 Å². The van der Waals surface area contributed by atoms with Crippen LogP contribution in [0.3, 0.4) is 0 Å². The fourth-order valence-electron chi connectivity index (χ4n) is 1.88. The molecule has 0 radical (unpaired) electrons. The molecule has 0 saturated heterocycles. The molecule has 0 bridgehead atoms. The van der Waals surface area contributed by atoms with Crippen molar-refractivity contribution < 1.29 is 14.7 Å². The van der Waals surface area contributed by atoms with E-state index in [-0.39, 0.29) is 0 Å². The summed E-state index contributed by atoms with van der Waals surface area (Å²) in [6, 6.07) is 3.83. The van der Waals surface area contributed by atoms with Crippen molar-refractivity contribution in [1.29, 1.82) is 0 Å². The molecular formula is C14H17N3O3S. The van der Waals surface area contributed by atoms with Gasteiger partial charge in [0.15, 0.2) is 0 Å². The van der Waals surface area contributed by atoms with Crippen molar-refractivity contribution in [3.8, 4) is 0 Å². The summed E-state index contributed by atoms with van der Waals surface area (Å²) in [5.41, 5.74) is 2.62. The van der Waals surface area contributed by atoms with Gasteiger partial charge in [0.1, 0.15) is 6.04 Å². The molecule has 1 aromatic carbocycles. The molecule has 1 aromatic heterocycles. The SMILES string of the molecule is CC(C)(C)[C@@H](NC(=O)Nc1ccc2ncsc2c1)C(=O)O. The van der Waals surface area contributed by atoms with Gasteiger partial charge in [0.25, 0.3) is 0 Å². The smallest absolute Gasteiger partial charge is 0.326 e. The van der Waals surface area contributed by atoms with Gasteiger partial charge in [0.2, 0.25) is 0 Å². The number of aliphatic carboxylic acids is 1. The van der Waals surface area contributed by atoms with E-state index in [4.69, 9.17) is 0 Å². The summed E-state index contributed by atoms with van der Waals surface area (Å²) in [6.07, 6.45) is 0. The van der Waals surface area contributed by atoms with Crippen LogP contribution in [0.1, 0.15) is 20.8 Å². The predicted octanol–water partition coefficient (Wildman–Crippen LogP) is 2.92. The molecule has 2 rings (SSSR count). The minimum atomic E-state index is -1.06. The number of carbonyl (C=O) groups is 2. The number of nitrogens with one attached hydrogen (secondary N) is 2. The number of urea groups is 1. The lowest BCUT2D eigenvalue weighted by Crippen LogP contribution is -2.50. The van der Waals surface area contributed by atoms with Crippen LogP contribution in [-0.4, -0.2) is 28.1 Å². The lowest BCUT2D eigenvalue weighted by Gasteiger charge is -2.27. The molecule has 112 valence electrons. The summed E-state index contributed by atoms with van der Waals surface area (Å²) in [5.74, 6) is -1.06. The molecule has 6 nitrogen and oxygen atoms in total. The molecule has 1 heterocycles. The van der Waals surface area contributed by atoms with Crippen molar-refractivity contribution in [2.45, 2.75) is 26.8 Å². The highest BCUT2D eigenvalue weighted by Crippen LogP contribution is 2.22. The summed E-state index contributed by atoms with van der Waals surface area (Å²) >= 11 is 1.47. The maximum Gasteiger partial charge on any atom is 0.326 e. The molecular weight excluding hydrogens is 290 g/mol. The van der Waals surface area contributed by atoms with Crippen molar-refractivity contribution in [2.24, 2.45) is 5.41 Å². The summed E-state index contributed by atoms with van der Waals surface area (Å²) < 4.78 is 0.957. The maximum atomic E-state index is 12.0. The van der Waals surface area contributed by atoms with Gasteiger partial charge in [0, 0.05) is 5.69 Å². The van der Waals surface area contributed by atoms with Gasteiger partial charge in [-0.15, -0.1) is 11.3 Å². The number of hydrogen-bond acceptors (Lipinski definition) is 4. The highest BCUT2D eigenvalue weighted by Gasteiger charge is 2.32. The van der Waals surface area contributed by atoms with Crippen LogP contribution < -0.4 is 10.6 Å². The number of hydrogen-bond donors (Lipinski definition) is 3. The Morgan fingerprint density at radius 1 is 1.33 bits per heavy atom. The Hall–Kier alpha value is -2.15. The lowest BCUT2D eigenvalue weighted by molar-refractivity contribution is -0.141. The predicted molar refractivity (Wildman–Crippen MR) is 82.7 cm³/mol. The molecule has 7 heteroatoms. The van der Waals surface area contributed by atoms with Gasteiger partial charge in [-0.25, -0.2) is 14.6 Å². The van der Waals surface area contributed by atoms with Crippen molar-refractivity contribution in [1.82, 2.24) is 10.3 Å². The third kappa shape index (κ3) is 3.69. The number of nitrogens with zero attached hydrogens (tertiary/aromatic N) is 1. The molecule has 2 aromatic rings. The van der Waals surface area contributed by atoms with E-state index in [1.54, 1.807) is 44.5 Å². The summed E-state index contributed by atoms with van der Waals surface area (Å²) in [6.45, 7) is 5.28. The molecule has 21 heavy (non-hydrogen) atoms. The lowest BCUT2D eigenvalue weighted by atomic mass is 9.87. The fourth-order valence-corrected chi connectivity index (χ4v) is 2.60. The topological polar surface area (TPSA) is 91.3 Å². The van der Waals surface area contributed by atoms with Crippen molar-refractivity contribution in [3.63, 3.8) is 0 Å². The van der Waals surface area contributed by atoms with Gasteiger partial charge in [-0.2, -0.15) is 0 Å². The minimum absolute atomic E-state index is 0.541. The fraction of sp³-hybridized carbons (Fsp3) is 0.357. The van der Waals surface area contributed by atoms with Crippen LogP contribution in [-0.2, 0) is 4.79 Å². The number of thiazole rings is 1. The second-order valence-electron chi connectivity index (χ2n) is 5.77. The van der Waals surface area contributed by atoms with Crippen LogP contribution in [0.25, 0.3) is 10.2 Å². The van der Waals surface area contributed by atoms with E-state index < -0.39 is 23.5 Å². The monoisotopic (exact) mass is 307 g/mol. The van der Waals surface area contributed by atoms with Crippen LogP contribution in [0, 0.1) is 5.41 Å². The van der Waals surface area contributed by atoms with Gasteiger partial charge in [-0.3, -0.25) is 0 Å². The number of anilines is 1. The number of benzene rings is 1. The number of carboxylic acids is 1. The highest BCUT2D eigenvalue weighted by atomic mass is 32.1. The Morgan fingerprint density at radius 3 is 2.67 bits per heavy atom. The number of carboxylic acid groups (broad SMARTS) is 1. The quantitative estimate of drug-likeness (QED) is 0.813. The first-order chi connectivity index (χ1) is 9.77. The number of carbonyl (C=O) groups excluding carboxylic acids is 1. The Balaban J connectivity index is 2.08. The van der Waals surface area contributed by atoms with Crippen molar-refractivity contribution >= 4 is 39.2 Å². The Morgan fingerprint density at radius 2 is 2.05 bits per heavy atom. The molecule has 0 aliphatic heterocycles. The van der Waals surface area contributed by atoms with Crippen LogP contribution >= 0.6 is 11.3 Å². The van der Waals surface area contributed by atoms with Crippen LogP contribution in [0.5, 0.6) is 0 Å². The zero-order valence-electron chi connectivity index (χ0n) is 12.0. The Bertz CT molecular complexity index is 675. The highest BCUT2D eigenvalue weighted by molar-refractivity contribution is 7.16. The molecule has 0 unspecified atom stereocenters. The van der Waals surface area contributed by atoms with E-state index in [0.717, 1.165) is 10.2 Å². The number of fused-ring (bicyclic) bond motifs is 1. The average molecular weight is 307 g/mol. The van der Waals surface area contributed by atoms with E-state index in [1.807, 2.05) is 0 Å². The standard InChI is InChI=1S/C14H17N3O3S/c1-14(2,3)11(12(18)19)17-13(20)16-8-4-5-9-10(6-8)21-7-15-9/h4-7,11H,1-3H3,(H,18,19)(H2,16,17,20)/t11-/m0/s1. The summed E-state index contributed by atoms with van der Waals surface area (Å²) in [7, 11) is 0. The van der Waals surface area contributed by atoms with Crippen molar-refractivity contribution in [2.75, 3.05) is 5.32 Å². The van der Waals surface area contributed by atoms with E-state index in [1.165, 1.54) is 11.3 Å². The molecule has 0 fully saturated rings. The molecule has 2 amide bonds. The summed E-state index contributed by atoms with van der Waals surface area (Å²) in [5, 5.41) is 14.3. The van der Waals surface area contributed by atoms with Crippen LogP contribution in [0.2, 0.25) is 0 Å². The van der Waals surface area contributed by atoms with E-state index in [0.29, 0.717) is 5.69 Å². The Kier molecular flexibility index (Phi) is 4.13. The molecule has 0 saturated carbocycles. The number of rotatable bonds is 3. The summed E-state index contributed by atoms with van der Waals surface area (Å²) in [4.78, 5) is 27.3. The number of aromatic nitrogens is 1. The maximum absolute atomic E-state index is 12.0. The third-order valence-corrected chi connectivity index (χ3v) is 3.77. The minimum Gasteiger partial charge on any atom is -0.480 e. The normalized spacial score (nSPS) is 12.9. The molecule has 0 spiro atoms. The van der Waals surface area contributed by atoms with Crippen LogP contribution in [0.4, 0.5) is 10.5 Å². The molecule has 0 aliphatic rings. The number of amides is 2. The van der Waals surface area contributed by atoms with Crippen LogP contribution in [0.15, 0.2) is 23.7 Å². The van der Waals surface area contributed by atoms with Gasteiger partial charge in [0.05, 0.1) is 15.7 Å². The average Bonchev–Trinajstić information content (AvgIpc) is 2.81. The second kappa shape index (κ2) is 5.69.